The molecule has 1 aromatic rings. The summed E-state index contributed by atoms with van der Waals surface area (Å²) in [4.78, 5) is 0.520. The molecule has 1 aromatic carbocycles. The van der Waals surface area contributed by atoms with Crippen LogP contribution in [0.3, 0.4) is 0 Å². The largest absolute Gasteiger partial charge is 0.224 e. The number of halogens is 1. The summed E-state index contributed by atoms with van der Waals surface area (Å²) in [6.07, 6.45) is 0.718. The Bertz CT molecular complexity index is 541. The first-order chi connectivity index (χ1) is 7.72. The van der Waals surface area contributed by atoms with Gasteiger partial charge in [0, 0.05) is 4.47 Å². The van der Waals surface area contributed by atoms with E-state index in [1.165, 1.54) is 0 Å². The van der Waals surface area contributed by atoms with Crippen LogP contribution in [0.1, 0.15) is 38.7 Å². The maximum absolute atomic E-state index is 12.0. The van der Waals surface area contributed by atoms with Crippen molar-refractivity contribution >= 4 is 25.8 Å². The first-order valence-electron chi connectivity index (χ1n) is 5.74. The van der Waals surface area contributed by atoms with Crippen LogP contribution in [0.2, 0.25) is 0 Å². The van der Waals surface area contributed by atoms with Gasteiger partial charge in [-0.2, -0.15) is 0 Å². The Morgan fingerprint density at radius 2 is 1.94 bits per heavy atom. The molecule has 0 spiro atoms. The van der Waals surface area contributed by atoms with E-state index in [0.29, 0.717) is 10.8 Å². The zero-order valence-electron chi connectivity index (χ0n) is 10.3. The van der Waals surface area contributed by atoms with Crippen LogP contribution in [0.5, 0.6) is 0 Å². The minimum absolute atomic E-state index is 0.0888. The molecule has 94 valence electrons. The predicted molar refractivity (Wildman–Crippen MR) is 73.0 cm³/mol. The first kappa shape index (κ1) is 13.1. The maximum atomic E-state index is 12.0. The highest BCUT2D eigenvalue weighted by Gasteiger charge is 2.36. The van der Waals surface area contributed by atoms with Gasteiger partial charge in [0.25, 0.3) is 0 Å². The fourth-order valence-corrected chi connectivity index (χ4v) is 4.49. The lowest BCUT2D eigenvalue weighted by atomic mass is 9.75. The van der Waals surface area contributed by atoms with Crippen molar-refractivity contribution in [2.75, 3.05) is 5.75 Å². The third-order valence-electron chi connectivity index (χ3n) is 3.40. The topological polar surface area (TPSA) is 34.1 Å². The molecule has 0 bridgehead atoms. The molecule has 0 fully saturated rings. The molecule has 0 amide bonds. The van der Waals surface area contributed by atoms with E-state index in [1.54, 1.807) is 12.1 Å². The average Bonchev–Trinajstić information content (AvgIpc) is 2.14. The van der Waals surface area contributed by atoms with Gasteiger partial charge in [-0.25, -0.2) is 8.42 Å². The zero-order chi connectivity index (χ0) is 12.8. The number of sulfone groups is 1. The number of rotatable bonds is 0. The quantitative estimate of drug-likeness (QED) is 0.730. The van der Waals surface area contributed by atoms with E-state index in [0.717, 1.165) is 16.5 Å². The molecule has 1 unspecified atom stereocenters. The number of hydrogen-bond donors (Lipinski definition) is 0. The van der Waals surface area contributed by atoms with Crippen molar-refractivity contribution in [3.8, 4) is 0 Å². The summed E-state index contributed by atoms with van der Waals surface area (Å²) in [6, 6.07) is 5.50. The Hall–Kier alpha value is -0.350. The highest BCUT2D eigenvalue weighted by Crippen LogP contribution is 2.44. The highest BCUT2D eigenvalue weighted by atomic mass is 79.9. The molecule has 1 aliphatic heterocycles. The van der Waals surface area contributed by atoms with Crippen LogP contribution in [0.25, 0.3) is 0 Å². The van der Waals surface area contributed by atoms with Crippen molar-refractivity contribution in [1.82, 2.24) is 0 Å². The van der Waals surface area contributed by atoms with Crippen LogP contribution in [-0.4, -0.2) is 14.2 Å². The molecule has 2 nitrogen and oxygen atoms in total. The van der Waals surface area contributed by atoms with E-state index in [1.807, 2.05) is 6.07 Å². The lowest BCUT2D eigenvalue weighted by Gasteiger charge is -2.35. The van der Waals surface area contributed by atoms with Gasteiger partial charge in [0.05, 0.1) is 10.6 Å². The van der Waals surface area contributed by atoms with Gasteiger partial charge in [0.15, 0.2) is 9.84 Å². The first-order valence-corrected chi connectivity index (χ1v) is 8.18. The fraction of sp³-hybridized carbons (Fsp3) is 0.538. The molecule has 0 aliphatic carbocycles. The van der Waals surface area contributed by atoms with Crippen LogP contribution in [-0.2, 0) is 9.84 Å². The summed E-state index contributed by atoms with van der Waals surface area (Å²) < 4.78 is 25.0. The second-order valence-electron chi connectivity index (χ2n) is 5.71. The molecule has 0 N–H and O–H groups in total. The summed E-state index contributed by atoms with van der Waals surface area (Å²) in [5.74, 6) is 0.572. The van der Waals surface area contributed by atoms with Crippen molar-refractivity contribution in [2.24, 2.45) is 5.41 Å². The molecular weight excluding hydrogens is 300 g/mol. The van der Waals surface area contributed by atoms with Gasteiger partial charge in [-0.3, -0.25) is 0 Å². The Morgan fingerprint density at radius 3 is 2.53 bits per heavy atom. The molecule has 0 saturated heterocycles. The van der Waals surface area contributed by atoms with E-state index >= 15 is 0 Å². The number of fused-ring (bicyclic) bond motifs is 1. The standard InChI is InChI=1S/C13H17BrO2S/c1-13(2,3)11-6-7-17(15,16)12-5-4-9(14)8-10(11)12/h4-5,8,11H,6-7H2,1-3H3. The molecule has 0 radical (unpaired) electrons. The van der Waals surface area contributed by atoms with E-state index in [4.69, 9.17) is 0 Å². The highest BCUT2D eigenvalue weighted by molar-refractivity contribution is 9.10. The smallest absolute Gasteiger partial charge is 0.178 e. The number of benzene rings is 1. The van der Waals surface area contributed by atoms with Crippen molar-refractivity contribution in [1.29, 1.82) is 0 Å². The van der Waals surface area contributed by atoms with Crippen molar-refractivity contribution in [3.63, 3.8) is 0 Å². The van der Waals surface area contributed by atoms with Gasteiger partial charge < -0.3 is 0 Å². The SMILES string of the molecule is CC(C)(C)C1CCS(=O)(=O)c2ccc(Br)cc21. The summed E-state index contributed by atoms with van der Waals surface area (Å²) >= 11 is 3.43. The average molecular weight is 317 g/mol. The van der Waals surface area contributed by atoms with Crippen molar-refractivity contribution in [2.45, 2.75) is 38.0 Å². The second kappa shape index (κ2) is 4.09. The molecule has 1 aliphatic rings. The Labute approximate surface area is 111 Å². The van der Waals surface area contributed by atoms with Crippen LogP contribution >= 0.6 is 15.9 Å². The third-order valence-corrected chi connectivity index (χ3v) is 5.71. The van der Waals surface area contributed by atoms with Gasteiger partial charge in [-0.15, -0.1) is 0 Å². The molecule has 0 saturated carbocycles. The van der Waals surface area contributed by atoms with Gasteiger partial charge >= 0.3 is 0 Å². The number of hydrogen-bond acceptors (Lipinski definition) is 2. The molecule has 4 heteroatoms. The lowest BCUT2D eigenvalue weighted by molar-refractivity contribution is 0.305. The summed E-state index contributed by atoms with van der Waals surface area (Å²) in [7, 11) is -3.07. The van der Waals surface area contributed by atoms with E-state index in [-0.39, 0.29) is 11.2 Å². The molecule has 17 heavy (non-hydrogen) atoms. The monoisotopic (exact) mass is 316 g/mol. The summed E-state index contributed by atoms with van der Waals surface area (Å²) in [5.41, 5.74) is 1.06. The molecule has 1 atom stereocenters. The van der Waals surface area contributed by atoms with Crippen molar-refractivity contribution < 1.29 is 8.42 Å². The zero-order valence-corrected chi connectivity index (χ0v) is 12.7. The van der Waals surface area contributed by atoms with Gasteiger partial charge in [-0.05, 0) is 41.5 Å². The van der Waals surface area contributed by atoms with Gasteiger partial charge in [-0.1, -0.05) is 36.7 Å². The minimum Gasteiger partial charge on any atom is -0.224 e. The summed E-state index contributed by atoms with van der Waals surface area (Å²) in [5, 5.41) is 0. The molecular formula is C13H17BrO2S. The fourth-order valence-electron chi connectivity index (χ4n) is 2.51. The van der Waals surface area contributed by atoms with Crippen LogP contribution in [0, 0.1) is 5.41 Å². The van der Waals surface area contributed by atoms with Crippen molar-refractivity contribution in [3.05, 3.63) is 28.2 Å². The maximum Gasteiger partial charge on any atom is 0.178 e. The molecule has 0 aromatic heterocycles. The van der Waals surface area contributed by atoms with E-state index in [9.17, 15) is 8.42 Å². The Balaban J connectivity index is 2.65. The summed E-state index contributed by atoms with van der Waals surface area (Å²) in [6.45, 7) is 6.50. The Morgan fingerprint density at radius 1 is 1.29 bits per heavy atom. The van der Waals surface area contributed by atoms with Crippen LogP contribution < -0.4 is 0 Å². The predicted octanol–water partition coefficient (Wildman–Crippen LogP) is 3.76. The lowest BCUT2D eigenvalue weighted by Crippen LogP contribution is -2.28. The third kappa shape index (κ3) is 2.43. The van der Waals surface area contributed by atoms with Gasteiger partial charge in [0.2, 0.25) is 0 Å². The van der Waals surface area contributed by atoms with Gasteiger partial charge in [0.1, 0.15) is 0 Å². The van der Waals surface area contributed by atoms with Crippen LogP contribution in [0.4, 0.5) is 0 Å². The normalized spacial score (nSPS) is 23.2. The minimum atomic E-state index is -3.07. The van der Waals surface area contributed by atoms with E-state index in [2.05, 4.69) is 36.7 Å². The second-order valence-corrected chi connectivity index (χ2v) is 8.70. The van der Waals surface area contributed by atoms with E-state index < -0.39 is 9.84 Å². The molecule has 2 rings (SSSR count). The Kier molecular flexibility index (Phi) is 3.15. The molecule has 1 heterocycles. The van der Waals surface area contributed by atoms with Crippen LogP contribution in [0.15, 0.2) is 27.6 Å².